The van der Waals surface area contributed by atoms with E-state index < -0.39 is 10.0 Å². The summed E-state index contributed by atoms with van der Waals surface area (Å²) in [5.74, 6) is 0.613. The molecule has 0 saturated heterocycles. The third kappa shape index (κ3) is 2.97. The van der Waals surface area contributed by atoms with Gasteiger partial charge in [-0.1, -0.05) is 24.4 Å². The molecule has 1 heterocycles. The van der Waals surface area contributed by atoms with Crippen LogP contribution in [-0.4, -0.2) is 23.0 Å². The molecule has 8 heteroatoms. The molecule has 20 heavy (non-hydrogen) atoms. The number of aryl methyl sites for hydroxylation is 2. The second-order valence-electron chi connectivity index (χ2n) is 4.29. The summed E-state index contributed by atoms with van der Waals surface area (Å²) in [5.41, 5.74) is 6.50. The summed E-state index contributed by atoms with van der Waals surface area (Å²) in [5, 5.41) is -0.0294. The van der Waals surface area contributed by atoms with E-state index in [1.807, 2.05) is 0 Å². The SMILES string of the molecule is Cc1nc(S(=O)(=O)Nc2cccc(C(N)=S)c2)cn1C. The van der Waals surface area contributed by atoms with Gasteiger partial charge in [-0.25, -0.2) is 4.98 Å². The first kappa shape index (κ1) is 14.5. The average Bonchev–Trinajstić information content (AvgIpc) is 2.70. The monoisotopic (exact) mass is 310 g/mol. The standard InChI is InChI=1S/C12H14N4O2S2/c1-8-14-11(7-16(8)2)20(17,18)15-10-5-3-4-9(6-10)12(13)19/h3-7,15H,1-2H3,(H2,13,19). The van der Waals surface area contributed by atoms with E-state index in [1.54, 1.807) is 42.8 Å². The predicted octanol–water partition coefficient (Wildman–Crippen LogP) is 1.16. The van der Waals surface area contributed by atoms with Gasteiger partial charge in [0.15, 0.2) is 5.03 Å². The molecule has 6 nitrogen and oxygen atoms in total. The van der Waals surface area contributed by atoms with Gasteiger partial charge in [0.1, 0.15) is 10.8 Å². The van der Waals surface area contributed by atoms with Gasteiger partial charge in [-0.15, -0.1) is 0 Å². The molecule has 0 radical (unpaired) electrons. The first-order valence-electron chi connectivity index (χ1n) is 5.72. The van der Waals surface area contributed by atoms with E-state index >= 15 is 0 Å². The smallest absolute Gasteiger partial charge is 0.280 e. The number of hydrogen-bond donors (Lipinski definition) is 2. The molecule has 106 valence electrons. The third-order valence-corrected chi connectivity index (χ3v) is 4.25. The molecule has 0 atom stereocenters. The van der Waals surface area contributed by atoms with Crippen molar-refractivity contribution in [2.75, 3.05) is 4.72 Å². The lowest BCUT2D eigenvalue weighted by Gasteiger charge is -2.07. The van der Waals surface area contributed by atoms with Gasteiger partial charge in [0.25, 0.3) is 10.0 Å². The molecule has 0 aliphatic carbocycles. The van der Waals surface area contributed by atoms with Gasteiger partial charge in [-0.3, -0.25) is 4.72 Å². The topological polar surface area (TPSA) is 90.0 Å². The van der Waals surface area contributed by atoms with Crippen LogP contribution in [0.4, 0.5) is 5.69 Å². The minimum absolute atomic E-state index is 0.0294. The first-order chi connectivity index (χ1) is 9.29. The molecule has 0 spiro atoms. The zero-order valence-corrected chi connectivity index (χ0v) is 12.6. The van der Waals surface area contributed by atoms with E-state index in [-0.39, 0.29) is 10.0 Å². The number of anilines is 1. The zero-order valence-electron chi connectivity index (χ0n) is 11.0. The van der Waals surface area contributed by atoms with E-state index in [9.17, 15) is 8.42 Å². The average molecular weight is 310 g/mol. The molecule has 0 amide bonds. The minimum Gasteiger partial charge on any atom is -0.389 e. The second-order valence-corrected chi connectivity index (χ2v) is 6.36. The molecule has 0 aliphatic rings. The van der Waals surface area contributed by atoms with Gasteiger partial charge in [-0.2, -0.15) is 8.42 Å². The number of nitrogens with two attached hydrogens (primary N) is 1. The number of imidazole rings is 1. The molecule has 0 saturated carbocycles. The molecular weight excluding hydrogens is 296 g/mol. The Morgan fingerprint density at radius 1 is 1.45 bits per heavy atom. The fraction of sp³-hybridized carbons (Fsp3) is 0.167. The summed E-state index contributed by atoms with van der Waals surface area (Å²) in [4.78, 5) is 4.21. The van der Waals surface area contributed by atoms with Crippen molar-refractivity contribution in [3.8, 4) is 0 Å². The van der Waals surface area contributed by atoms with Crippen LogP contribution >= 0.6 is 12.2 Å². The lowest BCUT2D eigenvalue weighted by atomic mass is 10.2. The van der Waals surface area contributed by atoms with E-state index in [4.69, 9.17) is 18.0 Å². The molecule has 1 aromatic heterocycles. The van der Waals surface area contributed by atoms with E-state index in [0.717, 1.165) is 0 Å². The van der Waals surface area contributed by atoms with E-state index in [0.29, 0.717) is 17.1 Å². The second kappa shape index (κ2) is 5.22. The van der Waals surface area contributed by atoms with Crippen LogP contribution in [0.2, 0.25) is 0 Å². The lowest BCUT2D eigenvalue weighted by molar-refractivity contribution is 0.598. The Morgan fingerprint density at radius 2 is 2.15 bits per heavy atom. The molecule has 3 N–H and O–H groups in total. The number of aromatic nitrogens is 2. The maximum Gasteiger partial charge on any atom is 0.280 e. The largest absolute Gasteiger partial charge is 0.389 e. The summed E-state index contributed by atoms with van der Waals surface area (Å²) >= 11 is 4.86. The molecule has 0 unspecified atom stereocenters. The Morgan fingerprint density at radius 3 is 2.70 bits per heavy atom. The zero-order chi connectivity index (χ0) is 14.9. The Hall–Kier alpha value is -1.93. The maximum atomic E-state index is 12.2. The van der Waals surface area contributed by atoms with Crippen molar-refractivity contribution in [2.24, 2.45) is 12.8 Å². The third-order valence-electron chi connectivity index (χ3n) is 2.76. The number of nitrogens with zero attached hydrogens (tertiary/aromatic N) is 2. The summed E-state index contributed by atoms with van der Waals surface area (Å²) < 4.78 is 28.5. The van der Waals surface area contributed by atoms with Gasteiger partial charge in [-0.05, 0) is 19.1 Å². The van der Waals surface area contributed by atoms with Crippen molar-refractivity contribution in [3.05, 3.63) is 41.9 Å². The van der Waals surface area contributed by atoms with Gasteiger partial charge >= 0.3 is 0 Å². The maximum absolute atomic E-state index is 12.2. The quantitative estimate of drug-likeness (QED) is 0.827. The van der Waals surface area contributed by atoms with Crippen molar-refractivity contribution in [2.45, 2.75) is 11.9 Å². The molecule has 2 aromatic rings. The summed E-state index contributed by atoms with van der Waals surface area (Å²) in [6.45, 7) is 1.73. The number of thiocarbonyl (C=S) groups is 1. The van der Waals surface area contributed by atoms with Crippen LogP contribution in [-0.2, 0) is 17.1 Å². The van der Waals surface area contributed by atoms with Crippen LogP contribution < -0.4 is 10.5 Å². The van der Waals surface area contributed by atoms with Crippen LogP contribution in [0, 0.1) is 6.92 Å². The molecule has 0 bridgehead atoms. The van der Waals surface area contributed by atoms with Gasteiger partial charge in [0.05, 0.1) is 0 Å². The van der Waals surface area contributed by atoms with Crippen molar-refractivity contribution in [1.82, 2.24) is 9.55 Å². The molecule has 0 fully saturated rings. The predicted molar refractivity (Wildman–Crippen MR) is 81.1 cm³/mol. The van der Waals surface area contributed by atoms with Crippen LogP contribution in [0.5, 0.6) is 0 Å². The normalized spacial score (nSPS) is 11.3. The van der Waals surface area contributed by atoms with Crippen LogP contribution in [0.15, 0.2) is 35.5 Å². The molecule has 1 aromatic carbocycles. The highest BCUT2D eigenvalue weighted by molar-refractivity contribution is 7.92. The minimum atomic E-state index is -3.72. The summed E-state index contributed by atoms with van der Waals surface area (Å²) in [7, 11) is -1.99. The Balaban J connectivity index is 2.33. The number of benzene rings is 1. The number of hydrogen-bond acceptors (Lipinski definition) is 4. The van der Waals surface area contributed by atoms with Crippen molar-refractivity contribution in [1.29, 1.82) is 0 Å². The van der Waals surface area contributed by atoms with Crippen LogP contribution in [0.3, 0.4) is 0 Å². The fourth-order valence-corrected chi connectivity index (χ4v) is 2.82. The molecule has 2 rings (SSSR count). The summed E-state index contributed by atoms with van der Waals surface area (Å²) in [6, 6.07) is 6.59. The van der Waals surface area contributed by atoms with Crippen molar-refractivity contribution in [3.63, 3.8) is 0 Å². The Labute approximate surface area is 122 Å². The van der Waals surface area contributed by atoms with Gasteiger partial charge < -0.3 is 10.3 Å². The van der Waals surface area contributed by atoms with Crippen LogP contribution in [0.1, 0.15) is 11.4 Å². The Kier molecular flexibility index (Phi) is 3.78. The number of sulfonamides is 1. The number of nitrogens with one attached hydrogen (secondary N) is 1. The Bertz CT molecular complexity index is 746. The highest BCUT2D eigenvalue weighted by Crippen LogP contribution is 2.16. The van der Waals surface area contributed by atoms with Gasteiger partial charge in [0, 0.05) is 24.5 Å². The molecule has 0 aliphatic heterocycles. The van der Waals surface area contributed by atoms with Crippen molar-refractivity contribution >= 4 is 32.9 Å². The summed E-state index contributed by atoms with van der Waals surface area (Å²) in [6.07, 6.45) is 1.45. The van der Waals surface area contributed by atoms with Gasteiger partial charge in [0.2, 0.25) is 0 Å². The fourth-order valence-electron chi connectivity index (χ4n) is 1.60. The highest BCUT2D eigenvalue weighted by atomic mass is 32.2. The highest BCUT2D eigenvalue weighted by Gasteiger charge is 2.18. The lowest BCUT2D eigenvalue weighted by Crippen LogP contribution is -2.15. The number of rotatable bonds is 4. The van der Waals surface area contributed by atoms with Crippen molar-refractivity contribution < 1.29 is 8.42 Å². The van der Waals surface area contributed by atoms with E-state index in [2.05, 4.69) is 9.71 Å². The first-order valence-corrected chi connectivity index (χ1v) is 7.61. The van der Waals surface area contributed by atoms with E-state index in [1.165, 1.54) is 6.20 Å². The molecular formula is C12H14N4O2S2. The van der Waals surface area contributed by atoms with Crippen LogP contribution in [0.25, 0.3) is 0 Å².